The van der Waals surface area contributed by atoms with Crippen LogP contribution in [0.5, 0.6) is 11.5 Å². The summed E-state index contributed by atoms with van der Waals surface area (Å²) < 4.78 is 10.7. The Labute approximate surface area is 133 Å². The Morgan fingerprint density at radius 2 is 2.27 bits per heavy atom. The van der Waals surface area contributed by atoms with Gasteiger partial charge in [0.25, 0.3) is 5.91 Å². The van der Waals surface area contributed by atoms with Gasteiger partial charge in [-0.25, -0.2) is 4.98 Å². The molecule has 0 radical (unpaired) electrons. The Balaban J connectivity index is 2.18. The lowest BCUT2D eigenvalue weighted by Gasteiger charge is -2.12. The van der Waals surface area contributed by atoms with Gasteiger partial charge in [-0.15, -0.1) is 11.3 Å². The summed E-state index contributed by atoms with van der Waals surface area (Å²) in [6.07, 6.45) is 0.668. The number of benzene rings is 1. The van der Waals surface area contributed by atoms with Gasteiger partial charge < -0.3 is 20.5 Å². The minimum atomic E-state index is -0.284. The average molecular weight is 321 g/mol. The number of carbonyl (C=O) groups is 1. The largest absolute Gasteiger partial charge is 0.497 e. The van der Waals surface area contributed by atoms with Crippen molar-refractivity contribution in [3.8, 4) is 11.5 Å². The van der Waals surface area contributed by atoms with E-state index in [1.165, 1.54) is 11.3 Å². The van der Waals surface area contributed by atoms with Crippen LogP contribution >= 0.6 is 11.3 Å². The Morgan fingerprint density at radius 1 is 1.45 bits per heavy atom. The van der Waals surface area contributed by atoms with Crippen LogP contribution in [0, 0.1) is 0 Å². The molecular weight excluding hydrogens is 302 g/mol. The SMILES string of the molecule is CCOc1ccc(OC)cc1NC(=O)c1csc(CCN)n1. The molecule has 1 aromatic heterocycles. The molecule has 0 atom stereocenters. The molecule has 0 fully saturated rings. The van der Waals surface area contributed by atoms with E-state index in [1.54, 1.807) is 30.7 Å². The molecule has 118 valence electrons. The van der Waals surface area contributed by atoms with Gasteiger partial charge in [0, 0.05) is 17.9 Å². The van der Waals surface area contributed by atoms with Crippen molar-refractivity contribution >= 4 is 22.9 Å². The maximum absolute atomic E-state index is 12.3. The molecule has 0 unspecified atom stereocenters. The second-order valence-corrected chi connectivity index (χ2v) is 5.36. The van der Waals surface area contributed by atoms with E-state index in [0.717, 1.165) is 5.01 Å². The van der Waals surface area contributed by atoms with E-state index < -0.39 is 0 Å². The molecule has 0 bridgehead atoms. The third-order valence-electron chi connectivity index (χ3n) is 2.88. The molecule has 0 aliphatic carbocycles. The summed E-state index contributed by atoms with van der Waals surface area (Å²) in [5.74, 6) is 0.948. The molecule has 0 aliphatic rings. The molecule has 2 rings (SSSR count). The van der Waals surface area contributed by atoms with E-state index >= 15 is 0 Å². The van der Waals surface area contributed by atoms with E-state index in [4.69, 9.17) is 15.2 Å². The first-order valence-electron chi connectivity index (χ1n) is 6.94. The average Bonchev–Trinajstić information content (AvgIpc) is 2.98. The highest BCUT2D eigenvalue weighted by Crippen LogP contribution is 2.29. The van der Waals surface area contributed by atoms with E-state index in [9.17, 15) is 4.79 Å². The summed E-state index contributed by atoms with van der Waals surface area (Å²) in [7, 11) is 1.57. The van der Waals surface area contributed by atoms with Crippen LogP contribution in [0.1, 0.15) is 22.4 Å². The Hall–Kier alpha value is -2.12. The summed E-state index contributed by atoms with van der Waals surface area (Å²) in [4.78, 5) is 16.6. The number of methoxy groups -OCH3 is 1. The van der Waals surface area contributed by atoms with E-state index in [2.05, 4.69) is 10.3 Å². The Kier molecular flexibility index (Phi) is 5.74. The van der Waals surface area contributed by atoms with Crippen LogP contribution in [-0.2, 0) is 6.42 Å². The van der Waals surface area contributed by atoms with Crippen LogP contribution in [0.15, 0.2) is 23.6 Å². The van der Waals surface area contributed by atoms with Gasteiger partial charge in [-0.2, -0.15) is 0 Å². The molecule has 22 heavy (non-hydrogen) atoms. The molecule has 6 nitrogen and oxygen atoms in total. The zero-order valence-corrected chi connectivity index (χ0v) is 13.4. The molecule has 1 heterocycles. The molecular formula is C15H19N3O3S. The highest BCUT2D eigenvalue weighted by atomic mass is 32.1. The number of carbonyl (C=O) groups excluding carboxylic acids is 1. The number of thiazole rings is 1. The third-order valence-corrected chi connectivity index (χ3v) is 3.79. The van der Waals surface area contributed by atoms with Crippen LogP contribution in [0.2, 0.25) is 0 Å². The minimum Gasteiger partial charge on any atom is -0.497 e. The summed E-state index contributed by atoms with van der Waals surface area (Å²) >= 11 is 1.43. The van der Waals surface area contributed by atoms with Gasteiger partial charge in [0.15, 0.2) is 0 Å². The first-order chi connectivity index (χ1) is 10.7. The normalized spacial score (nSPS) is 10.3. The number of hydrogen-bond donors (Lipinski definition) is 2. The molecule has 0 aliphatic heterocycles. The summed E-state index contributed by atoms with van der Waals surface area (Å²) in [5, 5.41) is 5.38. The second-order valence-electron chi connectivity index (χ2n) is 4.41. The lowest BCUT2D eigenvalue weighted by Crippen LogP contribution is -2.14. The summed E-state index contributed by atoms with van der Waals surface area (Å²) in [5.41, 5.74) is 6.42. The number of nitrogens with two attached hydrogens (primary N) is 1. The number of rotatable bonds is 7. The minimum absolute atomic E-state index is 0.284. The van der Waals surface area contributed by atoms with Crippen molar-refractivity contribution in [3.05, 3.63) is 34.3 Å². The fourth-order valence-corrected chi connectivity index (χ4v) is 2.65. The monoisotopic (exact) mass is 321 g/mol. The smallest absolute Gasteiger partial charge is 0.275 e. The molecule has 1 amide bonds. The lowest BCUT2D eigenvalue weighted by atomic mass is 10.2. The number of nitrogens with zero attached hydrogens (tertiary/aromatic N) is 1. The van der Waals surface area contributed by atoms with Crippen molar-refractivity contribution < 1.29 is 14.3 Å². The van der Waals surface area contributed by atoms with Gasteiger partial charge >= 0.3 is 0 Å². The topological polar surface area (TPSA) is 86.5 Å². The zero-order valence-electron chi connectivity index (χ0n) is 12.6. The maximum atomic E-state index is 12.3. The van der Waals surface area contributed by atoms with Crippen LogP contribution < -0.4 is 20.5 Å². The van der Waals surface area contributed by atoms with Crippen molar-refractivity contribution in [1.82, 2.24) is 4.98 Å². The van der Waals surface area contributed by atoms with Gasteiger partial charge in [0.1, 0.15) is 17.2 Å². The molecule has 0 spiro atoms. The van der Waals surface area contributed by atoms with Gasteiger partial charge in [-0.1, -0.05) is 0 Å². The van der Waals surface area contributed by atoms with Crippen LogP contribution in [0.3, 0.4) is 0 Å². The van der Waals surface area contributed by atoms with Crippen molar-refractivity contribution in [2.45, 2.75) is 13.3 Å². The van der Waals surface area contributed by atoms with Crippen molar-refractivity contribution in [3.63, 3.8) is 0 Å². The van der Waals surface area contributed by atoms with Crippen LogP contribution in [0.25, 0.3) is 0 Å². The highest BCUT2D eigenvalue weighted by Gasteiger charge is 2.14. The quantitative estimate of drug-likeness (QED) is 0.817. The molecule has 2 aromatic rings. The van der Waals surface area contributed by atoms with E-state index in [-0.39, 0.29) is 5.91 Å². The van der Waals surface area contributed by atoms with Gasteiger partial charge in [0.2, 0.25) is 0 Å². The highest BCUT2D eigenvalue weighted by molar-refractivity contribution is 7.09. The van der Waals surface area contributed by atoms with Gasteiger partial charge in [-0.3, -0.25) is 4.79 Å². The zero-order chi connectivity index (χ0) is 15.9. The summed E-state index contributed by atoms with van der Waals surface area (Å²) in [6, 6.07) is 5.26. The number of hydrogen-bond acceptors (Lipinski definition) is 6. The Morgan fingerprint density at radius 3 is 2.95 bits per heavy atom. The van der Waals surface area contributed by atoms with Crippen molar-refractivity contribution in [2.24, 2.45) is 5.73 Å². The van der Waals surface area contributed by atoms with Crippen molar-refractivity contribution in [2.75, 3.05) is 25.6 Å². The Bertz CT molecular complexity index is 643. The number of anilines is 1. The fourth-order valence-electron chi connectivity index (χ4n) is 1.85. The molecule has 7 heteroatoms. The molecule has 1 aromatic carbocycles. The predicted octanol–water partition coefficient (Wildman–Crippen LogP) is 2.30. The van der Waals surface area contributed by atoms with E-state index in [1.807, 2.05) is 6.92 Å². The fraction of sp³-hybridized carbons (Fsp3) is 0.333. The van der Waals surface area contributed by atoms with Crippen LogP contribution in [-0.4, -0.2) is 31.2 Å². The standard InChI is InChI=1S/C15H19N3O3S/c1-3-21-13-5-4-10(20-2)8-11(13)18-15(19)12-9-22-14(17-12)6-7-16/h4-5,8-9H,3,6-7,16H2,1-2H3,(H,18,19). The molecule has 3 N–H and O–H groups in total. The predicted molar refractivity (Wildman–Crippen MR) is 87.0 cm³/mol. The van der Waals surface area contributed by atoms with Crippen LogP contribution in [0.4, 0.5) is 5.69 Å². The number of ether oxygens (including phenoxy) is 2. The first-order valence-corrected chi connectivity index (χ1v) is 7.82. The van der Waals surface area contributed by atoms with Crippen molar-refractivity contribution in [1.29, 1.82) is 0 Å². The second kappa shape index (κ2) is 7.77. The number of amides is 1. The lowest BCUT2D eigenvalue weighted by molar-refractivity contribution is 0.102. The maximum Gasteiger partial charge on any atom is 0.275 e. The van der Waals surface area contributed by atoms with Gasteiger partial charge in [0.05, 0.1) is 24.4 Å². The number of aromatic nitrogens is 1. The first kappa shape index (κ1) is 16.3. The number of nitrogens with one attached hydrogen (secondary N) is 1. The third kappa shape index (κ3) is 3.96. The van der Waals surface area contributed by atoms with Gasteiger partial charge in [-0.05, 0) is 25.6 Å². The van der Waals surface area contributed by atoms with E-state index in [0.29, 0.717) is 42.5 Å². The molecule has 0 saturated heterocycles. The summed E-state index contributed by atoms with van der Waals surface area (Å²) in [6.45, 7) is 2.90. The molecule has 0 saturated carbocycles.